The highest BCUT2D eigenvalue weighted by Gasteiger charge is 2.18. The molecule has 0 aromatic heterocycles. The third kappa shape index (κ3) is 4.28. The first-order valence-corrected chi connectivity index (χ1v) is 5.21. The van der Waals surface area contributed by atoms with E-state index in [0.29, 0.717) is 6.61 Å². The van der Waals surface area contributed by atoms with Crippen LogP contribution in [0.1, 0.15) is 5.56 Å². The molecule has 0 aliphatic carbocycles. The average molecular weight is 226 g/mol. The lowest BCUT2D eigenvalue weighted by Crippen LogP contribution is -2.35. The van der Waals surface area contributed by atoms with Crippen LogP contribution in [0.15, 0.2) is 30.3 Å². The maximum atomic E-state index is 9.47. The summed E-state index contributed by atoms with van der Waals surface area (Å²) in [7, 11) is 1.53. The van der Waals surface area contributed by atoms with Crippen LogP contribution in [0.25, 0.3) is 0 Å². The third-order valence-corrected chi connectivity index (χ3v) is 2.25. The third-order valence-electron chi connectivity index (χ3n) is 2.25. The fourth-order valence-electron chi connectivity index (χ4n) is 1.33. The Morgan fingerprint density at radius 2 is 1.94 bits per heavy atom. The second-order valence-corrected chi connectivity index (χ2v) is 3.54. The molecule has 0 unspecified atom stereocenters. The number of hydrogen-bond donors (Lipinski definition) is 2. The van der Waals surface area contributed by atoms with Crippen molar-refractivity contribution in [2.45, 2.75) is 18.8 Å². The predicted molar refractivity (Wildman–Crippen MR) is 60.0 cm³/mol. The SMILES string of the molecule is COC[C@@H](OCc1ccccc1)[C@H](O)CO. The molecule has 1 rings (SSSR count). The van der Waals surface area contributed by atoms with E-state index in [1.165, 1.54) is 7.11 Å². The van der Waals surface area contributed by atoms with Crippen LogP contribution in [0.5, 0.6) is 0 Å². The van der Waals surface area contributed by atoms with Crippen molar-refractivity contribution in [2.24, 2.45) is 0 Å². The van der Waals surface area contributed by atoms with Gasteiger partial charge in [0, 0.05) is 7.11 Å². The number of hydrogen-bond acceptors (Lipinski definition) is 4. The summed E-state index contributed by atoms with van der Waals surface area (Å²) in [4.78, 5) is 0. The Kier molecular flexibility index (Phi) is 6.03. The van der Waals surface area contributed by atoms with E-state index in [9.17, 15) is 5.11 Å². The second-order valence-electron chi connectivity index (χ2n) is 3.54. The molecule has 1 aromatic rings. The van der Waals surface area contributed by atoms with E-state index < -0.39 is 12.2 Å². The summed E-state index contributed by atoms with van der Waals surface area (Å²) in [6.07, 6.45) is -1.42. The van der Waals surface area contributed by atoms with E-state index in [4.69, 9.17) is 14.6 Å². The van der Waals surface area contributed by atoms with Crippen molar-refractivity contribution in [2.75, 3.05) is 20.3 Å². The summed E-state index contributed by atoms with van der Waals surface area (Å²) < 4.78 is 10.4. The Labute approximate surface area is 95.4 Å². The zero-order chi connectivity index (χ0) is 11.8. The molecule has 2 atom stereocenters. The first kappa shape index (κ1) is 13.1. The molecule has 0 spiro atoms. The highest BCUT2D eigenvalue weighted by Crippen LogP contribution is 2.06. The summed E-state index contributed by atoms with van der Waals surface area (Å²) in [6.45, 7) is 0.323. The van der Waals surface area contributed by atoms with Gasteiger partial charge in [0.1, 0.15) is 12.2 Å². The molecule has 0 saturated carbocycles. The molecule has 0 heterocycles. The maximum Gasteiger partial charge on any atom is 0.109 e. The van der Waals surface area contributed by atoms with Crippen LogP contribution in [-0.2, 0) is 16.1 Å². The lowest BCUT2D eigenvalue weighted by Gasteiger charge is -2.21. The molecule has 0 amide bonds. The van der Waals surface area contributed by atoms with Crippen molar-refractivity contribution in [1.82, 2.24) is 0 Å². The molecule has 16 heavy (non-hydrogen) atoms. The normalized spacial score (nSPS) is 14.7. The van der Waals surface area contributed by atoms with Crippen LogP contribution in [0.2, 0.25) is 0 Å². The van der Waals surface area contributed by atoms with Crippen LogP contribution in [0.3, 0.4) is 0 Å². The second kappa shape index (κ2) is 7.35. The Balaban J connectivity index is 2.43. The molecule has 0 radical (unpaired) electrons. The van der Waals surface area contributed by atoms with Crippen molar-refractivity contribution in [3.05, 3.63) is 35.9 Å². The largest absolute Gasteiger partial charge is 0.394 e. The summed E-state index contributed by atoms with van der Waals surface area (Å²) in [5.74, 6) is 0. The van der Waals surface area contributed by atoms with Gasteiger partial charge in [-0.2, -0.15) is 0 Å². The molecule has 4 nitrogen and oxygen atoms in total. The quantitative estimate of drug-likeness (QED) is 0.713. The van der Waals surface area contributed by atoms with Gasteiger partial charge in [0.2, 0.25) is 0 Å². The molecule has 0 bridgehead atoms. The minimum atomic E-state index is -0.913. The molecule has 0 fully saturated rings. The smallest absolute Gasteiger partial charge is 0.109 e. The van der Waals surface area contributed by atoms with E-state index in [-0.39, 0.29) is 13.2 Å². The fourth-order valence-corrected chi connectivity index (χ4v) is 1.33. The lowest BCUT2D eigenvalue weighted by molar-refractivity contribution is -0.0927. The van der Waals surface area contributed by atoms with Crippen LogP contribution in [-0.4, -0.2) is 42.7 Å². The Morgan fingerprint density at radius 3 is 2.50 bits per heavy atom. The number of methoxy groups -OCH3 is 1. The van der Waals surface area contributed by atoms with E-state index >= 15 is 0 Å². The predicted octanol–water partition coefficient (Wildman–Crippen LogP) is 0.571. The van der Waals surface area contributed by atoms with Crippen LogP contribution in [0, 0.1) is 0 Å². The minimum Gasteiger partial charge on any atom is -0.394 e. The summed E-state index contributed by atoms with van der Waals surface area (Å²) in [5, 5.41) is 18.3. The zero-order valence-electron chi connectivity index (χ0n) is 9.37. The standard InChI is InChI=1S/C12H18O4/c1-15-9-12(11(14)7-13)16-8-10-5-3-2-4-6-10/h2-6,11-14H,7-9H2,1H3/t11-,12-/m1/s1. The summed E-state index contributed by atoms with van der Waals surface area (Å²) >= 11 is 0. The van der Waals surface area contributed by atoms with Gasteiger partial charge in [0.15, 0.2) is 0 Å². The molecule has 1 aromatic carbocycles. The van der Waals surface area contributed by atoms with E-state index in [2.05, 4.69) is 0 Å². The fraction of sp³-hybridized carbons (Fsp3) is 0.500. The van der Waals surface area contributed by atoms with Crippen LogP contribution < -0.4 is 0 Å². The number of aliphatic hydroxyl groups excluding tert-OH is 2. The number of ether oxygens (including phenoxy) is 2. The highest BCUT2D eigenvalue weighted by atomic mass is 16.5. The summed E-state index contributed by atoms with van der Waals surface area (Å²) in [5.41, 5.74) is 1.02. The molecule has 4 heteroatoms. The van der Waals surface area contributed by atoms with Gasteiger partial charge < -0.3 is 19.7 Å². The molecular weight excluding hydrogens is 208 g/mol. The van der Waals surface area contributed by atoms with Crippen molar-refractivity contribution in [3.8, 4) is 0 Å². The average Bonchev–Trinajstić information content (AvgIpc) is 2.34. The molecular formula is C12H18O4. The highest BCUT2D eigenvalue weighted by molar-refractivity contribution is 5.13. The molecule has 0 aliphatic rings. The maximum absolute atomic E-state index is 9.47. The minimum absolute atomic E-state index is 0.258. The molecule has 90 valence electrons. The van der Waals surface area contributed by atoms with Crippen molar-refractivity contribution >= 4 is 0 Å². The number of rotatable bonds is 7. The molecule has 0 saturated heterocycles. The first-order valence-electron chi connectivity index (χ1n) is 5.21. The van der Waals surface area contributed by atoms with E-state index in [1.54, 1.807) is 0 Å². The van der Waals surface area contributed by atoms with Crippen molar-refractivity contribution in [1.29, 1.82) is 0 Å². The van der Waals surface area contributed by atoms with Gasteiger partial charge in [-0.1, -0.05) is 30.3 Å². The van der Waals surface area contributed by atoms with E-state index in [0.717, 1.165) is 5.56 Å². The van der Waals surface area contributed by atoms with Gasteiger partial charge in [0.05, 0.1) is 19.8 Å². The first-order chi connectivity index (χ1) is 7.77. The Morgan fingerprint density at radius 1 is 1.25 bits per heavy atom. The van der Waals surface area contributed by atoms with Gasteiger partial charge >= 0.3 is 0 Å². The van der Waals surface area contributed by atoms with Gasteiger partial charge in [-0.05, 0) is 5.56 Å². The number of aliphatic hydroxyl groups is 2. The van der Waals surface area contributed by atoms with Crippen LogP contribution in [0.4, 0.5) is 0 Å². The van der Waals surface area contributed by atoms with Crippen molar-refractivity contribution < 1.29 is 19.7 Å². The Hall–Kier alpha value is -0.940. The lowest BCUT2D eigenvalue weighted by atomic mass is 10.2. The molecule has 0 aliphatic heterocycles. The summed E-state index contributed by atoms with van der Waals surface area (Å²) in [6, 6.07) is 9.65. The van der Waals surface area contributed by atoms with Gasteiger partial charge in [-0.25, -0.2) is 0 Å². The van der Waals surface area contributed by atoms with Gasteiger partial charge in [-0.3, -0.25) is 0 Å². The van der Waals surface area contributed by atoms with Crippen LogP contribution >= 0.6 is 0 Å². The van der Waals surface area contributed by atoms with Gasteiger partial charge in [0.25, 0.3) is 0 Å². The number of benzene rings is 1. The topological polar surface area (TPSA) is 58.9 Å². The van der Waals surface area contributed by atoms with Gasteiger partial charge in [-0.15, -0.1) is 0 Å². The Bertz CT molecular complexity index is 276. The van der Waals surface area contributed by atoms with Crippen molar-refractivity contribution in [3.63, 3.8) is 0 Å². The zero-order valence-corrected chi connectivity index (χ0v) is 9.37. The molecule has 2 N–H and O–H groups in total. The van der Waals surface area contributed by atoms with E-state index in [1.807, 2.05) is 30.3 Å². The monoisotopic (exact) mass is 226 g/mol.